The van der Waals surface area contributed by atoms with Crippen LogP contribution < -0.4 is 9.64 Å². The zero-order valence-corrected chi connectivity index (χ0v) is 17.3. The van der Waals surface area contributed by atoms with Gasteiger partial charge in [-0.1, -0.05) is 47.1 Å². The van der Waals surface area contributed by atoms with E-state index in [-0.39, 0.29) is 11.8 Å². The van der Waals surface area contributed by atoms with Crippen LogP contribution in [0.2, 0.25) is 5.02 Å². The van der Waals surface area contributed by atoms with Gasteiger partial charge >= 0.3 is 0 Å². The first-order valence-corrected chi connectivity index (χ1v) is 10.1. The summed E-state index contributed by atoms with van der Waals surface area (Å²) in [6.45, 7) is 0.443. The van der Waals surface area contributed by atoms with Crippen molar-refractivity contribution in [1.29, 1.82) is 0 Å². The predicted octanol–water partition coefficient (Wildman–Crippen LogP) is 4.31. The highest BCUT2D eigenvalue weighted by atomic mass is 35.5. The van der Waals surface area contributed by atoms with Gasteiger partial charge in [0.15, 0.2) is 5.82 Å². The maximum Gasteiger partial charge on any atom is 0.275 e. The Hall–Kier alpha value is -3.65. The van der Waals surface area contributed by atoms with Crippen LogP contribution in [0.15, 0.2) is 59.1 Å². The number of amides is 1. The molecule has 3 heterocycles. The summed E-state index contributed by atoms with van der Waals surface area (Å²) in [5.74, 6) is 1.18. The average molecular weight is 436 g/mol. The van der Waals surface area contributed by atoms with E-state index < -0.39 is 0 Å². The fraction of sp³-hybridized carbons (Fsp3) is 0.182. The molecule has 5 rings (SSSR count). The summed E-state index contributed by atoms with van der Waals surface area (Å²) in [6.07, 6.45) is 0.293. The molecule has 0 aliphatic carbocycles. The van der Waals surface area contributed by atoms with Gasteiger partial charge in [0.2, 0.25) is 5.91 Å². The van der Waals surface area contributed by atoms with Crippen LogP contribution in [0.5, 0.6) is 5.75 Å². The van der Waals surface area contributed by atoms with Gasteiger partial charge in [-0.15, -0.1) is 0 Å². The molecule has 1 saturated heterocycles. The number of anilines is 1. The molecule has 0 radical (unpaired) electrons. The normalized spacial score (nSPS) is 16.1. The zero-order chi connectivity index (χ0) is 21.4. The Bertz CT molecular complexity index is 1240. The molecule has 8 nitrogen and oxygen atoms in total. The third-order valence-electron chi connectivity index (χ3n) is 5.26. The number of aromatic amines is 1. The molecule has 1 unspecified atom stereocenters. The van der Waals surface area contributed by atoms with Gasteiger partial charge in [0.25, 0.3) is 5.89 Å². The Balaban J connectivity index is 1.34. The van der Waals surface area contributed by atoms with Crippen LogP contribution in [0.4, 0.5) is 5.69 Å². The quantitative estimate of drug-likeness (QED) is 0.501. The molecule has 1 amide bonds. The molecule has 2 aromatic heterocycles. The van der Waals surface area contributed by atoms with Gasteiger partial charge in [-0.05, 0) is 24.3 Å². The second-order valence-electron chi connectivity index (χ2n) is 7.21. The van der Waals surface area contributed by atoms with Gasteiger partial charge in [0, 0.05) is 30.1 Å². The van der Waals surface area contributed by atoms with Gasteiger partial charge in [0.1, 0.15) is 11.4 Å². The Morgan fingerprint density at radius 2 is 2.03 bits per heavy atom. The first-order chi connectivity index (χ1) is 15.1. The highest BCUT2D eigenvalue weighted by Crippen LogP contribution is 2.35. The molecular formula is C22H18ClN5O3. The Morgan fingerprint density at radius 3 is 2.81 bits per heavy atom. The minimum absolute atomic E-state index is 0.0227. The molecule has 9 heteroatoms. The van der Waals surface area contributed by atoms with E-state index in [1.165, 1.54) is 0 Å². The molecule has 1 aliphatic rings. The molecule has 1 N–H and O–H groups in total. The van der Waals surface area contributed by atoms with Crippen molar-refractivity contribution in [3.8, 4) is 28.6 Å². The minimum atomic E-state index is -0.178. The monoisotopic (exact) mass is 435 g/mol. The maximum absolute atomic E-state index is 12.6. The molecule has 0 saturated carbocycles. The summed E-state index contributed by atoms with van der Waals surface area (Å²) < 4.78 is 10.6. The van der Waals surface area contributed by atoms with E-state index in [9.17, 15) is 4.79 Å². The topological polar surface area (TPSA) is 97.1 Å². The van der Waals surface area contributed by atoms with Gasteiger partial charge in [0.05, 0.1) is 17.8 Å². The van der Waals surface area contributed by atoms with Crippen LogP contribution in [0.3, 0.4) is 0 Å². The lowest BCUT2D eigenvalue weighted by molar-refractivity contribution is -0.117. The van der Waals surface area contributed by atoms with Crippen molar-refractivity contribution in [3.05, 3.63) is 65.4 Å². The summed E-state index contributed by atoms with van der Waals surface area (Å²) >= 11 is 6.21. The summed E-state index contributed by atoms with van der Waals surface area (Å²) in [5, 5.41) is 11.8. The van der Waals surface area contributed by atoms with Gasteiger partial charge in [-0.25, -0.2) is 0 Å². The smallest absolute Gasteiger partial charge is 0.275 e. The first kappa shape index (κ1) is 19.3. The van der Waals surface area contributed by atoms with Crippen molar-refractivity contribution >= 4 is 23.2 Å². The van der Waals surface area contributed by atoms with Crippen molar-refractivity contribution in [3.63, 3.8) is 0 Å². The number of aromatic nitrogens is 4. The van der Waals surface area contributed by atoms with Gasteiger partial charge in [-0.2, -0.15) is 10.1 Å². The lowest BCUT2D eigenvalue weighted by Gasteiger charge is -2.17. The third-order valence-corrected chi connectivity index (χ3v) is 5.55. The van der Waals surface area contributed by atoms with Crippen LogP contribution in [0, 0.1) is 0 Å². The summed E-state index contributed by atoms with van der Waals surface area (Å²) in [4.78, 5) is 18.8. The molecule has 0 spiro atoms. The number of nitrogens with zero attached hydrogens (tertiary/aromatic N) is 4. The van der Waals surface area contributed by atoms with E-state index in [2.05, 4.69) is 20.3 Å². The van der Waals surface area contributed by atoms with E-state index in [0.717, 1.165) is 11.3 Å². The number of rotatable bonds is 5. The van der Waals surface area contributed by atoms with Crippen LogP contribution in [0.25, 0.3) is 22.8 Å². The van der Waals surface area contributed by atoms with Crippen LogP contribution in [0.1, 0.15) is 18.2 Å². The average Bonchev–Trinajstić information content (AvgIpc) is 3.53. The third kappa shape index (κ3) is 3.66. The summed E-state index contributed by atoms with van der Waals surface area (Å²) in [7, 11) is 1.55. The Kier molecular flexibility index (Phi) is 4.91. The minimum Gasteiger partial charge on any atom is -0.495 e. The van der Waals surface area contributed by atoms with Crippen molar-refractivity contribution in [2.24, 2.45) is 0 Å². The van der Waals surface area contributed by atoms with E-state index in [1.54, 1.807) is 24.1 Å². The summed E-state index contributed by atoms with van der Waals surface area (Å²) in [5.41, 5.74) is 3.11. The first-order valence-electron chi connectivity index (χ1n) is 9.71. The van der Waals surface area contributed by atoms with Gasteiger partial charge in [-0.3, -0.25) is 9.89 Å². The van der Waals surface area contributed by atoms with Crippen molar-refractivity contribution in [2.45, 2.75) is 12.3 Å². The number of methoxy groups -OCH3 is 1. The molecule has 1 atom stereocenters. The number of hydrogen-bond donors (Lipinski definition) is 1. The van der Waals surface area contributed by atoms with Crippen molar-refractivity contribution in [2.75, 3.05) is 18.6 Å². The van der Waals surface area contributed by atoms with E-state index >= 15 is 0 Å². The number of ether oxygens (including phenoxy) is 1. The molecule has 4 aromatic rings. The fourth-order valence-corrected chi connectivity index (χ4v) is 3.90. The lowest BCUT2D eigenvalue weighted by atomic mass is 10.1. The van der Waals surface area contributed by atoms with E-state index in [1.807, 2.05) is 42.5 Å². The molecular weight excluding hydrogens is 418 g/mol. The standard InChI is InChI=1S/C22H18ClN5O3/c1-30-19-8-7-15(10-16(19)23)28-12-14(9-20(28)29)21-24-22(31-27-21)18-11-17(25-26-18)13-5-3-2-4-6-13/h2-8,10-11,14H,9,12H2,1H3,(H,25,26). The highest BCUT2D eigenvalue weighted by molar-refractivity contribution is 6.32. The number of H-pyrrole nitrogens is 1. The second kappa shape index (κ2) is 7.88. The number of benzene rings is 2. The van der Waals surface area contributed by atoms with Gasteiger partial charge < -0.3 is 14.2 Å². The van der Waals surface area contributed by atoms with E-state index in [0.29, 0.717) is 46.8 Å². The molecule has 31 heavy (non-hydrogen) atoms. The van der Waals surface area contributed by atoms with E-state index in [4.69, 9.17) is 20.9 Å². The largest absolute Gasteiger partial charge is 0.495 e. The molecule has 1 aliphatic heterocycles. The van der Waals surface area contributed by atoms with Crippen LogP contribution in [-0.2, 0) is 4.79 Å². The predicted molar refractivity (Wildman–Crippen MR) is 115 cm³/mol. The number of carbonyl (C=O) groups is 1. The van der Waals surface area contributed by atoms with Crippen molar-refractivity contribution < 1.29 is 14.1 Å². The molecule has 2 aromatic carbocycles. The maximum atomic E-state index is 12.6. The zero-order valence-electron chi connectivity index (χ0n) is 16.6. The number of halogens is 1. The SMILES string of the molecule is COc1ccc(N2CC(c3noc(-c4cc(-c5ccccc5)n[nH]4)n3)CC2=O)cc1Cl. The number of carbonyl (C=O) groups excluding carboxylic acids is 1. The molecule has 156 valence electrons. The second-order valence-corrected chi connectivity index (χ2v) is 7.62. The Labute approximate surface area is 182 Å². The highest BCUT2D eigenvalue weighted by Gasteiger charge is 2.35. The molecule has 1 fully saturated rings. The van der Waals surface area contributed by atoms with Crippen molar-refractivity contribution in [1.82, 2.24) is 20.3 Å². The summed E-state index contributed by atoms with van der Waals surface area (Å²) in [6, 6.07) is 16.9. The molecule has 0 bridgehead atoms. The fourth-order valence-electron chi connectivity index (χ4n) is 3.65. The van der Waals surface area contributed by atoms with Crippen LogP contribution >= 0.6 is 11.6 Å². The Morgan fingerprint density at radius 1 is 1.19 bits per heavy atom. The van der Waals surface area contributed by atoms with Crippen LogP contribution in [-0.4, -0.2) is 39.9 Å². The number of nitrogens with one attached hydrogen (secondary N) is 1. The lowest BCUT2D eigenvalue weighted by Crippen LogP contribution is -2.24. The number of hydrogen-bond acceptors (Lipinski definition) is 6.